The lowest BCUT2D eigenvalue weighted by Gasteiger charge is -2.39. The third-order valence-corrected chi connectivity index (χ3v) is 6.78. The number of nitrogens with zero attached hydrogens (tertiary/aromatic N) is 2. The minimum Gasteiger partial charge on any atom is -0.303 e. The molecule has 6 heteroatoms. The Balaban J connectivity index is 2.02. The second-order valence-electron chi connectivity index (χ2n) is 6.22. The summed E-state index contributed by atoms with van der Waals surface area (Å²) in [6.45, 7) is 3.69. The number of piperazine rings is 1. The fourth-order valence-electron chi connectivity index (χ4n) is 3.05. The van der Waals surface area contributed by atoms with E-state index in [4.69, 9.17) is 11.6 Å². The quantitative estimate of drug-likeness (QED) is 0.838. The van der Waals surface area contributed by atoms with Crippen LogP contribution < -0.4 is 0 Å². The van der Waals surface area contributed by atoms with Gasteiger partial charge in [-0.1, -0.05) is 41.9 Å². The van der Waals surface area contributed by atoms with Crippen molar-refractivity contribution >= 4 is 21.6 Å². The minimum absolute atomic E-state index is 0.189. The fraction of sp³-hybridized carbons (Fsp3) is 0.333. The molecule has 2 aromatic rings. The van der Waals surface area contributed by atoms with Gasteiger partial charge in [0, 0.05) is 24.7 Å². The Labute approximate surface area is 148 Å². The molecule has 1 fully saturated rings. The first-order chi connectivity index (χ1) is 11.4. The lowest BCUT2D eigenvalue weighted by molar-refractivity contribution is 0.160. The monoisotopic (exact) mass is 364 g/mol. The van der Waals surface area contributed by atoms with Crippen molar-refractivity contribution in [2.75, 3.05) is 26.7 Å². The van der Waals surface area contributed by atoms with Gasteiger partial charge < -0.3 is 4.90 Å². The predicted molar refractivity (Wildman–Crippen MR) is 96.8 cm³/mol. The van der Waals surface area contributed by atoms with Crippen molar-refractivity contribution < 1.29 is 8.42 Å². The van der Waals surface area contributed by atoms with Crippen LogP contribution >= 0.6 is 11.6 Å². The van der Waals surface area contributed by atoms with Gasteiger partial charge in [0.25, 0.3) is 0 Å². The van der Waals surface area contributed by atoms with E-state index in [0.29, 0.717) is 23.0 Å². The van der Waals surface area contributed by atoms with Crippen LogP contribution in [0.5, 0.6) is 0 Å². The maximum absolute atomic E-state index is 13.2. The normalized spacial score (nSPS) is 20.2. The van der Waals surface area contributed by atoms with Crippen LogP contribution in [-0.4, -0.2) is 44.3 Å². The maximum atomic E-state index is 13.2. The Morgan fingerprint density at radius 3 is 2.46 bits per heavy atom. The number of sulfonamides is 1. The summed E-state index contributed by atoms with van der Waals surface area (Å²) in [5, 5.41) is 0.576. The Bertz CT molecular complexity index is 824. The molecule has 0 aromatic heterocycles. The van der Waals surface area contributed by atoms with Gasteiger partial charge in [0.2, 0.25) is 10.0 Å². The third-order valence-electron chi connectivity index (χ3n) is 4.45. The Morgan fingerprint density at radius 2 is 1.79 bits per heavy atom. The van der Waals surface area contributed by atoms with Gasteiger partial charge in [-0.3, -0.25) is 0 Å². The molecule has 0 radical (unpaired) electrons. The lowest BCUT2D eigenvalue weighted by atomic mass is 10.1. The van der Waals surface area contributed by atoms with E-state index in [0.717, 1.165) is 17.7 Å². The Morgan fingerprint density at radius 1 is 1.08 bits per heavy atom. The summed E-state index contributed by atoms with van der Waals surface area (Å²) >= 11 is 6.05. The summed E-state index contributed by atoms with van der Waals surface area (Å²) in [5.74, 6) is 0. The molecule has 0 aliphatic carbocycles. The standard InChI is InChI=1S/C18H21ClN2O2S/c1-14-12-16(8-9-17(14)19)24(22,23)21-11-10-20(2)13-18(21)15-6-4-3-5-7-15/h3-9,12,18H,10-11,13H2,1-2H3. The van der Waals surface area contributed by atoms with Crippen LogP contribution in [0.15, 0.2) is 53.4 Å². The van der Waals surface area contributed by atoms with E-state index >= 15 is 0 Å². The van der Waals surface area contributed by atoms with Crippen molar-refractivity contribution in [2.24, 2.45) is 0 Å². The van der Waals surface area contributed by atoms with E-state index < -0.39 is 10.0 Å². The predicted octanol–water partition coefficient (Wildman–Crippen LogP) is 3.33. The van der Waals surface area contributed by atoms with E-state index in [-0.39, 0.29) is 6.04 Å². The highest BCUT2D eigenvalue weighted by Gasteiger charge is 2.36. The molecular weight excluding hydrogens is 344 g/mol. The molecule has 0 amide bonds. The van der Waals surface area contributed by atoms with Crippen molar-refractivity contribution in [1.82, 2.24) is 9.21 Å². The van der Waals surface area contributed by atoms with Crippen LogP contribution in [0.3, 0.4) is 0 Å². The van der Waals surface area contributed by atoms with Crippen LogP contribution in [0.4, 0.5) is 0 Å². The highest BCUT2D eigenvalue weighted by atomic mass is 35.5. The van der Waals surface area contributed by atoms with E-state index in [9.17, 15) is 8.42 Å². The molecule has 1 aliphatic rings. The van der Waals surface area contributed by atoms with Crippen LogP contribution in [-0.2, 0) is 10.0 Å². The first kappa shape index (κ1) is 17.4. The molecular formula is C18H21ClN2O2S. The zero-order valence-corrected chi connectivity index (χ0v) is 15.4. The molecule has 0 saturated carbocycles. The van der Waals surface area contributed by atoms with Crippen LogP contribution in [0.1, 0.15) is 17.2 Å². The zero-order valence-electron chi connectivity index (χ0n) is 13.8. The topological polar surface area (TPSA) is 40.6 Å². The number of hydrogen-bond donors (Lipinski definition) is 0. The van der Waals surface area contributed by atoms with Crippen molar-refractivity contribution in [1.29, 1.82) is 0 Å². The highest BCUT2D eigenvalue weighted by molar-refractivity contribution is 7.89. The van der Waals surface area contributed by atoms with Crippen molar-refractivity contribution in [2.45, 2.75) is 17.9 Å². The summed E-state index contributed by atoms with van der Waals surface area (Å²) in [6, 6.07) is 14.5. The van der Waals surface area contributed by atoms with Gasteiger partial charge in [0.15, 0.2) is 0 Å². The van der Waals surface area contributed by atoms with Gasteiger partial charge in [0.1, 0.15) is 0 Å². The van der Waals surface area contributed by atoms with Crippen LogP contribution in [0.25, 0.3) is 0 Å². The summed E-state index contributed by atoms with van der Waals surface area (Å²) < 4.78 is 28.0. The largest absolute Gasteiger partial charge is 0.303 e. The first-order valence-electron chi connectivity index (χ1n) is 7.91. The van der Waals surface area contributed by atoms with E-state index in [1.165, 1.54) is 0 Å². The van der Waals surface area contributed by atoms with Gasteiger partial charge in [0.05, 0.1) is 10.9 Å². The average molecular weight is 365 g/mol. The molecule has 24 heavy (non-hydrogen) atoms. The van der Waals surface area contributed by atoms with Crippen LogP contribution in [0.2, 0.25) is 5.02 Å². The third kappa shape index (κ3) is 3.35. The molecule has 1 aliphatic heterocycles. The molecule has 128 valence electrons. The lowest BCUT2D eigenvalue weighted by Crippen LogP contribution is -2.49. The SMILES string of the molecule is Cc1cc(S(=O)(=O)N2CCN(C)CC2c2ccccc2)ccc1Cl. The Kier molecular flexibility index (Phi) is 4.97. The second-order valence-corrected chi connectivity index (χ2v) is 8.51. The molecule has 1 atom stereocenters. The van der Waals surface area contributed by atoms with Gasteiger partial charge in [-0.2, -0.15) is 4.31 Å². The van der Waals surface area contributed by atoms with Gasteiger partial charge >= 0.3 is 0 Å². The minimum atomic E-state index is -3.57. The summed E-state index contributed by atoms with van der Waals surface area (Å²) in [4.78, 5) is 2.46. The van der Waals surface area contributed by atoms with Gasteiger partial charge in [-0.15, -0.1) is 0 Å². The van der Waals surface area contributed by atoms with E-state index in [1.54, 1.807) is 22.5 Å². The number of benzene rings is 2. The summed E-state index contributed by atoms with van der Waals surface area (Å²) in [5.41, 5.74) is 1.78. The van der Waals surface area contributed by atoms with Crippen LogP contribution in [0, 0.1) is 6.92 Å². The average Bonchev–Trinajstić information content (AvgIpc) is 2.57. The summed E-state index contributed by atoms with van der Waals surface area (Å²) in [7, 11) is -1.55. The van der Waals surface area contributed by atoms with Gasteiger partial charge in [-0.25, -0.2) is 8.42 Å². The molecule has 4 nitrogen and oxygen atoms in total. The number of aryl methyl sites for hydroxylation is 1. The fourth-order valence-corrected chi connectivity index (χ4v) is 4.85. The van der Waals surface area contributed by atoms with E-state index in [2.05, 4.69) is 4.90 Å². The number of likely N-dealkylation sites (N-methyl/N-ethyl adjacent to an activating group) is 1. The smallest absolute Gasteiger partial charge is 0.243 e. The van der Waals surface area contributed by atoms with E-state index in [1.807, 2.05) is 44.3 Å². The second kappa shape index (κ2) is 6.84. The van der Waals surface area contributed by atoms with Crippen molar-refractivity contribution in [3.63, 3.8) is 0 Å². The number of hydrogen-bond acceptors (Lipinski definition) is 3. The molecule has 0 spiro atoms. The molecule has 2 aromatic carbocycles. The maximum Gasteiger partial charge on any atom is 0.243 e. The zero-order chi connectivity index (χ0) is 17.3. The molecule has 3 rings (SSSR count). The summed E-state index contributed by atoms with van der Waals surface area (Å²) in [6.07, 6.45) is 0. The molecule has 0 bridgehead atoms. The molecule has 0 N–H and O–H groups in total. The molecule has 1 saturated heterocycles. The van der Waals surface area contributed by atoms with Crippen molar-refractivity contribution in [3.05, 3.63) is 64.7 Å². The van der Waals surface area contributed by atoms with Gasteiger partial charge in [-0.05, 0) is 43.3 Å². The molecule has 1 heterocycles. The first-order valence-corrected chi connectivity index (χ1v) is 9.73. The Hall–Kier alpha value is -1.40. The number of rotatable bonds is 3. The highest BCUT2D eigenvalue weighted by Crippen LogP contribution is 2.31. The number of halogens is 1. The molecule has 1 unspecified atom stereocenters. The van der Waals surface area contributed by atoms with Crippen molar-refractivity contribution in [3.8, 4) is 0 Å².